The van der Waals surface area contributed by atoms with Gasteiger partial charge in [0.25, 0.3) is 0 Å². The van der Waals surface area contributed by atoms with Crippen LogP contribution in [0.25, 0.3) is 10.6 Å². The van der Waals surface area contributed by atoms with Crippen molar-refractivity contribution in [1.82, 2.24) is 4.98 Å². The third-order valence-electron chi connectivity index (χ3n) is 5.05. The van der Waals surface area contributed by atoms with Crippen LogP contribution in [-0.4, -0.2) is 28.1 Å². The van der Waals surface area contributed by atoms with Crippen molar-refractivity contribution in [1.29, 1.82) is 0 Å². The van der Waals surface area contributed by atoms with Gasteiger partial charge in [-0.3, -0.25) is 4.79 Å². The highest BCUT2D eigenvalue weighted by atomic mass is 32.1. The van der Waals surface area contributed by atoms with Crippen molar-refractivity contribution in [2.75, 3.05) is 0 Å². The van der Waals surface area contributed by atoms with E-state index in [4.69, 9.17) is 5.11 Å². The molecule has 3 rings (SSSR count). The molecule has 3 atom stereocenters. The Labute approximate surface area is 156 Å². The highest BCUT2D eigenvalue weighted by molar-refractivity contribution is 7.15. The Hall–Kier alpha value is -2.34. The number of aromatic nitrogens is 1. The van der Waals surface area contributed by atoms with Crippen molar-refractivity contribution >= 4 is 29.4 Å². The summed E-state index contributed by atoms with van der Waals surface area (Å²) in [6.45, 7) is 4.00. The summed E-state index contributed by atoms with van der Waals surface area (Å²) in [7, 11) is 0. The average molecular weight is 371 g/mol. The van der Waals surface area contributed by atoms with Crippen LogP contribution in [0.2, 0.25) is 0 Å². The minimum atomic E-state index is -0.982. The summed E-state index contributed by atoms with van der Waals surface area (Å²) in [5, 5.41) is 9.68. The lowest BCUT2D eigenvalue weighted by Crippen LogP contribution is -2.22. The minimum absolute atomic E-state index is 0.0227. The number of aromatic carboxylic acids is 1. The van der Waals surface area contributed by atoms with Gasteiger partial charge in [0.15, 0.2) is 5.78 Å². The molecule has 5 nitrogen and oxygen atoms in total. The fourth-order valence-corrected chi connectivity index (χ4v) is 4.53. The van der Waals surface area contributed by atoms with Crippen LogP contribution < -0.4 is 0 Å². The number of carbonyl (C=O) groups is 3. The van der Waals surface area contributed by atoms with Crippen LogP contribution in [-0.2, 0) is 9.59 Å². The molecule has 0 radical (unpaired) electrons. The van der Waals surface area contributed by atoms with Crippen molar-refractivity contribution in [3.8, 4) is 10.6 Å². The quantitative estimate of drug-likeness (QED) is 0.610. The molecule has 1 fully saturated rings. The highest BCUT2D eigenvalue weighted by Crippen LogP contribution is 2.37. The van der Waals surface area contributed by atoms with Gasteiger partial charge in [-0.1, -0.05) is 19.1 Å². The highest BCUT2D eigenvalue weighted by Gasteiger charge is 2.34. The van der Waals surface area contributed by atoms with E-state index in [1.54, 1.807) is 12.1 Å². The summed E-state index contributed by atoms with van der Waals surface area (Å²) in [6, 6.07) is 6.44. The molecule has 1 heterocycles. The van der Waals surface area contributed by atoms with Crippen LogP contribution in [0.4, 0.5) is 0 Å². The van der Waals surface area contributed by atoms with Gasteiger partial charge in [-0.15, -0.1) is 11.3 Å². The number of nitrogens with zero attached hydrogens (tertiary/aromatic N) is 1. The first-order valence-electron chi connectivity index (χ1n) is 8.70. The van der Waals surface area contributed by atoms with Gasteiger partial charge >= 0.3 is 5.97 Å². The molecule has 1 aliphatic rings. The Balaban J connectivity index is 1.87. The number of thiazole rings is 1. The summed E-state index contributed by atoms with van der Waals surface area (Å²) >= 11 is 1.42. The second-order valence-corrected chi connectivity index (χ2v) is 8.18. The number of ketones is 1. The number of benzene rings is 1. The molecule has 1 aliphatic carbocycles. The molecule has 6 heteroatoms. The number of rotatable bonds is 6. The molecule has 136 valence electrons. The van der Waals surface area contributed by atoms with E-state index in [1.165, 1.54) is 23.5 Å². The maximum absolute atomic E-state index is 12.8. The molecule has 1 aromatic heterocycles. The summed E-state index contributed by atoms with van der Waals surface area (Å²) < 4.78 is 0. The van der Waals surface area contributed by atoms with E-state index >= 15 is 0 Å². The molecular weight excluding hydrogens is 350 g/mol. The van der Waals surface area contributed by atoms with Crippen molar-refractivity contribution in [3.63, 3.8) is 0 Å². The van der Waals surface area contributed by atoms with Gasteiger partial charge in [0.1, 0.15) is 17.2 Å². The second kappa shape index (κ2) is 7.50. The van der Waals surface area contributed by atoms with Gasteiger partial charge in [0.2, 0.25) is 0 Å². The number of hydrogen-bond donors (Lipinski definition) is 1. The smallest absolute Gasteiger partial charge is 0.335 e. The molecular formula is C20H21NO4S. The molecule has 3 unspecified atom stereocenters. The molecule has 1 N–H and O–H groups in total. The first kappa shape index (κ1) is 18.5. The minimum Gasteiger partial charge on any atom is -0.478 e. The van der Waals surface area contributed by atoms with Crippen molar-refractivity contribution in [3.05, 3.63) is 40.4 Å². The number of carbonyl (C=O) groups excluding carboxylic acids is 2. The van der Waals surface area contributed by atoms with Crippen molar-refractivity contribution in [2.24, 2.45) is 11.8 Å². The lowest BCUT2D eigenvalue weighted by molar-refractivity contribution is -0.127. The maximum atomic E-state index is 12.8. The van der Waals surface area contributed by atoms with Crippen molar-refractivity contribution < 1.29 is 19.5 Å². The zero-order valence-corrected chi connectivity index (χ0v) is 15.6. The van der Waals surface area contributed by atoms with E-state index in [9.17, 15) is 14.4 Å². The predicted octanol–water partition coefficient (Wildman–Crippen LogP) is 4.10. The summed E-state index contributed by atoms with van der Waals surface area (Å²) in [4.78, 5) is 40.9. The Bertz CT molecular complexity index is 840. The standard InChI is InChI=1S/C20H21NO4S/c1-11-3-4-15(9-11)18(23)16(10-22)17-12(2)26-19(21-17)13-5-7-14(8-6-13)20(24)25/h5-8,10-11,15-16H,3-4,9H2,1-2H3,(H,24,25). The SMILES string of the molecule is Cc1sc(-c2ccc(C(=O)O)cc2)nc1C(C=O)C(=O)C1CCC(C)C1. The molecule has 2 aromatic rings. The fourth-order valence-electron chi connectivity index (χ4n) is 3.56. The van der Waals surface area contributed by atoms with Gasteiger partial charge in [-0.05, 0) is 44.2 Å². The molecule has 1 aromatic carbocycles. The molecule has 0 saturated heterocycles. The lowest BCUT2D eigenvalue weighted by Gasteiger charge is -2.13. The average Bonchev–Trinajstić information content (AvgIpc) is 3.22. The number of carboxylic acid groups (broad SMARTS) is 1. The van der Waals surface area contributed by atoms with Gasteiger partial charge in [0.05, 0.1) is 11.3 Å². The zero-order valence-electron chi connectivity index (χ0n) is 14.8. The lowest BCUT2D eigenvalue weighted by atomic mass is 9.89. The predicted molar refractivity (Wildman–Crippen MR) is 99.6 cm³/mol. The fraction of sp³-hybridized carbons (Fsp3) is 0.400. The van der Waals surface area contributed by atoms with E-state index in [2.05, 4.69) is 11.9 Å². The third kappa shape index (κ3) is 3.60. The Morgan fingerprint density at radius 1 is 1.27 bits per heavy atom. The van der Waals surface area contributed by atoms with Crippen LogP contribution in [0.15, 0.2) is 24.3 Å². The van der Waals surface area contributed by atoms with Crippen LogP contribution in [0.3, 0.4) is 0 Å². The molecule has 26 heavy (non-hydrogen) atoms. The summed E-state index contributed by atoms with van der Waals surface area (Å²) in [6.07, 6.45) is 3.43. The Morgan fingerprint density at radius 3 is 2.50 bits per heavy atom. The van der Waals surface area contributed by atoms with E-state index in [0.29, 0.717) is 22.9 Å². The van der Waals surface area contributed by atoms with Gasteiger partial charge in [-0.2, -0.15) is 0 Å². The van der Waals surface area contributed by atoms with E-state index < -0.39 is 11.9 Å². The molecule has 1 saturated carbocycles. The molecule has 0 amide bonds. The topological polar surface area (TPSA) is 84.3 Å². The number of hydrogen-bond acceptors (Lipinski definition) is 5. The number of aldehydes is 1. The van der Waals surface area contributed by atoms with E-state index in [-0.39, 0.29) is 17.3 Å². The van der Waals surface area contributed by atoms with Crippen LogP contribution in [0, 0.1) is 18.8 Å². The molecule has 0 bridgehead atoms. The summed E-state index contributed by atoms with van der Waals surface area (Å²) in [5.41, 5.74) is 1.52. The van der Waals surface area contributed by atoms with Gasteiger partial charge in [-0.25, -0.2) is 9.78 Å². The van der Waals surface area contributed by atoms with E-state index in [1.807, 2.05) is 6.92 Å². The monoisotopic (exact) mass is 371 g/mol. The molecule has 0 aliphatic heterocycles. The van der Waals surface area contributed by atoms with E-state index in [0.717, 1.165) is 29.7 Å². The Morgan fingerprint density at radius 2 is 1.96 bits per heavy atom. The zero-order chi connectivity index (χ0) is 18.8. The first-order chi connectivity index (χ1) is 12.4. The summed E-state index contributed by atoms with van der Waals surface area (Å²) in [5.74, 6) is -1.35. The van der Waals surface area contributed by atoms with Gasteiger partial charge < -0.3 is 9.90 Å². The second-order valence-electron chi connectivity index (χ2n) is 6.97. The first-order valence-corrected chi connectivity index (χ1v) is 9.52. The van der Waals surface area contributed by atoms with Crippen molar-refractivity contribution in [2.45, 2.75) is 39.0 Å². The maximum Gasteiger partial charge on any atom is 0.335 e. The number of aryl methyl sites for hydroxylation is 1. The normalized spacial score (nSPS) is 20.7. The Kier molecular flexibility index (Phi) is 5.32. The van der Waals surface area contributed by atoms with Crippen LogP contribution >= 0.6 is 11.3 Å². The number of carboxylic acids is 1. The van der Waals surface area contributed by atoms with Crippen LogP contribution in [0.1, 0.15) is 53.0 Å². The third-order valence-corrected chi connectivity index (χ3v) is 6.08. The van der Waals surface area contributed by atoms with Gasteiger partial charge in [0, 0.05) is 16.4 Å². The molecule has 0 spiro atoms. The number of Topliss-reactive ketones (excluding diaryl/α,β-unsaturated/α-hetero) is 1. The largest absolute Gasteiger partial charge is 0.478 e. The van der Waals surface area contributed by atoms with Crippen LogP contribution in [0.5, 0.6) is 0 Å².